The second kappa shape index (κ2) is 9.13. The molecule has 0 bridgehead atoms. The van der Waals surface area contributed by atoms with Crippen molar-refractivity contribution in [3.63, 3.8) is 0 Å². The van der Waals surface area contributed by atoms with Gasteiger partial charge in [0.05, 0.1) is 16.1 Å². The van der Waals surface area contributed by atoms with Gasteiger partial charge in [-0.1, -0.05) is 42.5 Å². The number of ether oxygens (including phenoxy) is 1. The molecule has 0 aromatic heterocycles. The van der Waals surface area contributed by atoms with E-state index in [0.717, 1.165) is 34.3 Å². The number of thioether (sulfide) groups is 1. The van der Waals surface area contributed by atoms with E-state index in [1.54, 1.807) is 6.08 Å². The van der Waals surface area contributed by atoms with Crippen LogP contribution in [0.3, 0.4) is 0 Å². The number of nitrogens with one attached hydrogen (secondary N) is 2. The first-order valence-electron chi connectivity index (χ1n) is 9.76. The molecule has 2 aliphatic heterocycles. The second-order valence-electron chi connectivity index (χ2n) is 7.15. The van der Waals surface area contributed by atoms with Gasteiger partial charge in [-0.3, -0.25) is 19.6 Å². The maximum Gasteiger partial charge on any atom is 0.290 e. The Balaban J connectivity index is 1.30. The molecule has 2 aliphatic rings. The molecule has 0 spiro atoms. The van der Waals surface area contributed by atoms with Crippen molar-refractivity contribution in [3.8, 4) is 5.75 Å². The maximum absolute atomic E-state index is 11.6. The summed E-state index contributed by atoms with van der Waals surface area (Å²) in [6.07, 6.45) is 3.89. The first kappa shape index (κ1) is 21.4. The zero-order valence-electron chi connectivity index (χ0n) is 17.3. The van der Waals surface area contributed by atoms with Crippen LogP contribution in [-0.2, 0) is 4.79 Å². The molecule has 1 saturated heterocycles. The van der Waals surface area contributed by atoms with Gasteiger partial charge in [0.15, 0.2) is 0 Å². The van der Waals surface area contributed by atoms with Crippen molar-refractivity contribution in [1.29, 1.82) is 0 Å². The molecule has 2 aromatic rings. The molecule has 0 aliphatic carbocycles. The number of hydrogen-bond acceptors (Lipinski definition) is 6. The van der Waals surface area contributed by atoms with Gasteiger partial charge < -0.3 is 4.74 Å². The van der Waals surface area contributed by atoms with Crippen molar-refractivity contribution < 1.29 is 14.3 Å². The fourth-order valence-electron chi connectivity index (χ4n) is 3.20. The van der Waals surface area contributed by atoms with Crippen molar-refractivity contribution in [1.82, 2.24) is 10.0 Å². The highest BCUT2D eigenvalue weighted by Crippen LogP contribution is 2.53. The van der Waals surface area contributed by atoms with Gasteiger partial charge in [0.1, 0.15) is 12.4 Å². The molecule has 4 rings (SSSR count). The summed E-state index contributed by atoms with van der Waals surface area (Å²) in [5, 5.41) is 1.91. The minimum Gasteiger partial charge on any atom is -0.492 e. The van der Waals surface area contributed by atoms with Crippen LogP contribution in [0.1, 0.15) is 18.1 Å². The van der Waals surface area contributed by atoms with Gasteiger partial charge in [0.25, 0.3) is 11.1 Å². The summed E-state index contributed by atoms with van der Waals surface area (Å²) < 4.78 is 9.46. The smallest absolute Gasteiger partial charge is 0.290 e. The van der Waals surface area contributed by atoms with Gasteiger partial charge in [0.2, 0.25) is 0 Å². The van der Waals surface area contributed by atoms with Crippen LogP contribution in [-0.4, -0.2) is 36.1 Å². The van der Waals surface area contributed by atoms with Crippen LogP contribution in [0.15, 0.2) is 69.4 Å². The van der Waals surface area contributed by atoms with Crippen molar-refractivity contribution in [2.75, 3.05) is 19.4 Å². The fourth-order valence-corrected chi connectivity index (χ4v) is 5.73. The highest BCUT2D eigenvalue weighted by molar-refractivity contribution is 8.45. The van der Waals surface area contributed by atoms with E-state index in [1.807, 2.05) is 48.0 Å². The molecule has 2 amide bonds. The standard InChI is InChI=1S/C23H23N3O3S2/c1-16-21(18-6-4-3-5-7-18)24-15-31(16,2)25-12-13-29-19-10-8-17(9-11-19)14-20-22(27)26-23(28)30-20/h3-11,14-15,25H,12-13H2,1-2H3,(H,26,27,28)/b20-14-. The lowest BCUT2D eigenvalue weighted by molar-refractivity contribution is -0.115. The van der Waals surface area contributed by atoms with E-state index in [1.165, 1.54) is 4.91 Å². The van der Waals surface area contributed by atoms with E-state index in [-0.39, 0.29) is 11.1 Å². The molecule has 0 radical (unpaired) electrons. The number of carbonyl (C=O) groups is 2. The summed E-state index contributed by atoms with van der Waals surface area (Å²) in [5.41, 5.74) is 5.06. The molecule has 8 heteroatoms. The zero-order valence-corrected chi connectivity index (χ0v) is 18.9. The van der Waals surface area contributed by atoms with E-state index >= 15 is 0 Å². The Bertz CT molecular complexity index is 1090. The highest BCUT2D eigenvalue weighted by atomic mass is 32.3. The molecular weight excluding hydrogens is 430 g/mol. The average Bonchev–Trinajstić information content (AvgIpc) is 3.25. The topological polar surface area (TPSA) is 79.8 Å². The van der Waals surface area contributed by atoms with Crippen LogP contribution in [0, 0.1) is 0 Å². The number of amides is 2. The number of imide groups is 1. The SMILES string of the molecule is CC1=C(c2ccccc2)N=CS1(C)NCCOc1ccc(/C=C2\SC(=O)NC2=O)cc1. The van der Waals surface area contributed by atoms with Gasteiger partial charge in [-0.05, 0) is 48.7 Å². The van der Waals surface area contributed by atoms with Crippen molar-refractivity contribution in [3.05, 3.63) is 75.5 Å². The Morgan fingerprint density at radius 3 is 2.55 bits per heavy atom. The molecule has 1 fully saturated rings. The summed E-state index contributed by atoms with van der Waals surface area (Å²) in [6, 6.07) is 17.7. The zero-order chi connectivity index (χ0) is 21.8. The first-order valence-corrected chi connectivity index (χ1v) is 12.7. The van der Waals surface area contributed by atoms with Crippen LogP contribution in [0.2, 0.25) is 0 Å². The van der Waals surface area contributed by atoms with Crippen LogP contribution >= 0.6 is 22.0 Å². The van der Waals surface area contributed by atoms with E-state index in [4.69, 9.17) is 4.74 Å². The Morgan fingerprint density at radius 1 is 1.13 bits per heavy atom. The molecule has 2 aromatic carbocycles. The van der Waals surface area contributed by atoms with Gasteiger partial charge >= 0.3 is 0 Å². The normalized spacial score (nSPS) is 23.9. The fraction of sp³-hybridized carbons (Fsp3) is 0.174. The Hall–Kier alpha value is -2.81. The van der Waals surface area contributed by atoms with E-state index in [9.17, 15) is 9.59 Å². The van der Waals surface area contributed by atoms with Gasteiger partial charge in [0, 0.05) is 17.0 Å². The number of rotatable bonds is 7. The molecule has 2 N–H and O–H groups in total. The summed E-state index contributed by atoms with van der Waals surface area (Å²) in [7, 11) is -1.28. The van der Waals surface area contributed by atoms with Crippen molar-refractivity contribution >= 4 is 50.4 Å². The third kappa shape index (κ3) is 4.92. The molecule has 1 unspecified atom stereocenters. The lowest BCUT2D eigenvalue weighted by Crippen LogP contribution is -2.25. The molecule has 1 atom stereocenters. The van der Waals surface area contributed by atoms with Gasteiger partial charge in [-0.15, -0.1) is 10.2 Å². The summed E-state index contributed by atoms with van der Waals surface area (Å²) in [6.45, 7) is 3.36. The third-order valence-corrected chi connectivity index (χ3v) is 8.61. The summed E-state index contributed by atoms with van der Waals surface area (Å²) >= 11 is 0.910. The van der Waals surface area contributed by atoms with Crippen LogP contribution in [0.5, 0.6) is 5.75 Å². The quantitative estimate of drug-likeness (QED) is 0.467. The average molecular weight is 454 g/mol. The Morgan fingerprint density at radius 2 is 1.87 bits per heavy atom. The lowest BCUT2D eigenvalue weighted by atomic mass is 10.1. The van der Waals surface area contributed by atoms with E-state index in [2.05, 4.69) is 40.3 Å². The summed E-state index contributed by atoms with van der Waals surface area (Å²) in [4.78, 5) is 29.2. The van der Waals surface area contributed by atoms with Crippen LogP contribution < -0.4 is 14.8 Å². The number of carbonyl (C=O) groups excluding carboxylic acids is 2. The lowest BCUT2D eigenvalue weighted by Gasteiger charge is -2.31. The predicted molar refractivity (Wildman–Crippen MR) is 130 cm³/mol. The number of hydrogen-bond donors (Lipinski definition) is 2. The highest BCUT2D eigenvalue weighted by Gasteiger charge is 2.26. The molecule has 2 heterocycles. The first-order chi connectivity index (χ1) is 14.9. The Kier molecular flexibility index (Phi) is 6.31. The van der Waals surface area contributed by atoms with E-state index < -0.39 is 10.2 Å². The van der Waals surface area contributed by atoms with Crippen molar-refractivity contribution in [2.45, 2.75) is 6.92 Å². The minimum absolute atomic E-state index is 0.340. The van der Waals surface area contributed by atoms with Crippen molar-refractivity contribution in [2.24, 2.45) is 4.99 Å². The molecular formula is C23H23N3O3S2. The van der Waals surface area contributed by atoms with E-state index in [0.29, 0.717) is 18.1 Å². The third-order valence-electron chi connectivity index (χ3n) is 5.00. The Labute approximate surface area is 187 Å². The number of aliphatic imine (C=N–C) groups is 1. The number of allylic oxidation sites excluding steroid dienone is 1. The van der Waals surface area contributed by atoms with Crippen LogP contribution in [0.25, 0.3) is 11.8 Å². The maximum atomic E-state index is 11.6. The summed E-state index contributed by atoms with van der Waals surface area (Å²) in [5.74, 6) is 0.397. The monoisotopic (exact) mass is 453 g/mol. The molecule has 160 valence electrons. The largest absolute Gasteiger partial charge is 0.492 e. The van der Waals surface area contributed by atoms with Gasteiger partial charge in [-0.25, -0.2) is 4.99 Å². The molecule has 0 saturated carbocycles. The minimum atomic E-state index is -1.28. The predicted octanol–water partition coefficient (Wildman–Crippen LogP) is 4.76. The number of benzene rings is 2. The van der Waals surface area contributed by atoms with Gasteiger partial charge in [-0.2, -0.15) is 0 Å². The molecule has 6 nitrogen and oxygen atoms in total. The second-order valence-corrected chi connectivity index (χ2v) is 11.2. The molecule has 31 heavy (non-hydrogen) atoms. The number of nitrogens with zero attached hydrogens (tertiary/aromatic N) is 1. The van der Waals surface area contributed by atoms with Crippen LogP contribution in [0.4, 0.5) is 4.79 Å².